The number of nitrogens with zero attached hydrogens (tertiary/aromatic N) is 2. The summed E-state index contributed by atoms with van der Waals surface area (Å²) in [6.07, 6.45) is 2.82. The highest BCUT2D eigenvalue weighted by Crippen LogP contribution is 2.23. The number of hydrogen-bond acceptors (Lipinski definition) is 4. The van der Waals surface area contributed by atoms with Crippen molar-refractivity contribution in [2.75, 3.05) is 43.1 Å². The van der Waals surface area contributed by atoms with Gasteiger partial charge in [0.25, 0.3) is 5.91 Å². The second-order valence-corrected chi connectivity index (χ2v) is 6.47. The van der Waals surface area contributed by atoms with E-state index in [4.69, 9.17) is 4.74 Å². The van der Waals surface area contributed by atoms with Crippen molar-refractivity contribution >= 4 is 29.1 Å². The van der Waals surface area contributed by atoms with Gasteiger partial charge in [-0.1, -0.05) is 12.6 Å². The minimum absolute atomic E-state index is 0.0752. The van der Waals surface area contributed by atoms with Crippen molar-refractivity contribution in [3.8, 4) is 0 Å². The summed E-state index contributed by atoms with van der Waals surface area (Å²) >= 11 is 0. The third kappa shape index (κ3) is 4.11. The van der Waals surface area contributed by atoms with Crippen LogP contribution in [0.5, 0.6) is 0 Å². The molecule has 2 fully saturated rings. The van der Waals surface area contributed by atoms with Gasteiger partial charge in [0.1, 0.15) is 6.61 Å². The Morgan fingerprint density at radius 2 is 2.15 bits per heavy atom. The Labute approximate surface area is 152 Å². The van der Waals surface area contributed by atoms with E-state index in [1.54, 1.807) is 21.9 Å². The maximum atomic E-state index is 12.6. The van der Waals surface area contributed by atoms with Crippen LogP contribution >= 0.6 is 0 Å². The zero-order valence-electron chi connectivity index (χ0n) is 14.6. The maximum absolute atomic E-state index is 12.6. The maximum Gasteiger partial charge on any atom is 0.253 e. The van der Waals surface area contributed by atoms with E-state index >= 15 is 0 Å². The van der Waals surface area contributed by atoms with E-state index in [9.17, 15) is 14.4 Å². The molecule has 0 spiro atoms. The number of nitrogens with one attached hydrogen (secondary N) is 1. The monoisotopic (exact) mass is 357 g/mol. The molecule has 138 valence electrons. The Morgan fingerprint density at radius 3 is 2.92 bits per heavy atom. The lowest BCUT2D eigenvalue weighted by Crippen LogP contribution is -2.43. The lowest BCUT2D eigenvalue weighted by molar-refractivity contribution is -0.130. The number of likely N-dealkylation sites (tertiary alicyclic amines) is 1. The molecule has 2 saturated heterocycles. The first-order valence-corrected chi connectivity index (χ1v) is 8.79. The Hall–Kier alpha value is -2.67. The van der Waals surface area contributed by atoms with Gasteiger partial charge in [-0.25, -0.2) is 0 Å². The van der Waals surface area contributed by atoms with Crippen molar-refractivity contribution in [3.63, 3.8) is 0 Å². The summed E-state index contributed by atoms with van der Waals surface area (Å²) in [6.45, 7) is 5.63. The molecule has 2 aliphatic heterocycles. The number of ether oxygens (including phenoxy) is 1. The predicted octanol–water partition coefficient (Wildman–Crippen LogP) is 1.41. The molecule has 1 atom stereocenters. The molecular formula is C19H23N3O4. The summed E-state index contributed by atoms with van der Waals surface area (Å²) in [5.41, 5.74) is 1.38. The van der Waals surface area contributed by atoms with Crippen LogP contribution in [-0.4, -0.2) is 55.5 Å². The minimum atomic E-state index is -0.249. The number of anilines is 2. The van der Waals surface area contributed by atoms with Gasteiger partial charge >= 0.3 is 0 Å². The molecule has 0 aromatic heterocycles. The highest BCUT2D eigenvalue weighted by Gasteiger charge is 2.28. The van der Waals surface area contributed by atoms with Crippen LogP contribution in [0.1, 0.15) is 12.8 Å². The van der Waals surface area contributed by atoms with Crippen molar-refractivity contribution < 1.29 is 19.1 Å². The van der Waals surface area contributed by atoms with E-state index in [0.29, 0.717) is 31.9 Å². The van der Waals surface area contributed by atoms with Gasteiger partial charge in [0.2, 0.25) is 11.8 Å². The molecule has 1 aromatic carbocycles. The molecule has 1 aromatic rings. The summed E-state index contributed by atoms with van der Waals surface area (Å²) in [5.74, 6) is -0.598. The fourth-order valence-electron chi connectivity index (χ4n) is 3.31. The van der Waals surface area contributed by atoms with E-state index in [1.165, 1.54) is 6.08 Å². The number of rotatable bonds is 4. The molecule has 0 aliphatic carbocycles. The van der Waals surface area contributed by atoms with E-state index in [0.717, 1.165) is 18.5 Å². The summed E-state index contributed by atoms with van der Waals surface area (Å²) in [6, 6.07) is 7.23. The van der Waals surface area contributed by atoms with Gasteiger partial charge in [-0.05, 0) is 37.1 Å². The predicted molar refractivity (Wildman–Crippen MR) is 97.7 cm³/mol. The SMILES string of the molecule is C=CC(=O)N1CCCC(C(=O)Nc2cccc(N3CCOCC3=O)c2)C1. The number of morpholine rings is 1. The summed E-state index contributed by atoms with van der Waals surface area (Å²) in [5, 5.41) is 2.91. The number of hydrogen-bond donors (Lipinski definition) is 1. The van der Waals surface area contributed by atoms with Crippen LogP contribution in [0.2, 0.25) is 0 Å². The second-order valence-electron chi connectivity index (χ2n) is 6.47. The number of piperidine rings is 1. The summed E-state index contributed by atoms with van der Waals surface area (Å²) in [7, 11) is 0. The Kier molecular flexibility index (Phi) is 5.68. The molecule has 2 aliphatic rings. The van der Waals surface area contributed by atoms with Gasteiger partial charge in [0.15, 0.2) is 0 Å². The molecule has 3 amide bonds. The topological polar surface area (TPSA) is 79.0 Å². The Bertz CT molecular complexity index is 718. The quantitative estimate of drug-likeness (QED) is 0.827. The largest absolute Gasteiger partial charge is 0.370 e. The van der Waals surface area contributed by atoms with Crippen LogP contribution in [0.3, 0.4) is 0 Å². The fourth-order valence-corrected chi connectivity index (χ4v) is 3.31. The van der Waals surface area contributed by atoms with E-state index < -0.39 is 0 Å². The van der Waals surface area contributed by atoms with E-state index in [2.05, 4.69) is 11.9 Å². The smallest absolute Gasteiger partial charge is 0.253 e. The number of carbonyl (C=O) groups excluding carboxylic acids is 3. The molecule has 3 rings (SSSR count). The van der Waals surface area contributed by atoms with Gasteiger partial charge in [0, 0.05) is 31.0 Å². The lowest BCUT2D eigenvalue weighted by Gasteiger charge is -2.31. The normalized spacial score (nSPS) is 20.6. The number of benzene rings is 1. The zero-order chi connectivity index (χ0) is 18.5. The van der Waals surface area contributed by atoms with Crippen LogP contribution in [0.4, 0.5) is 11.4 Å². The highest BCUT2D eigenvalue weighted by atomic mass is 16.5. The van der Waals surface area contributed by atoms with Gasteiger partial charge < -0.3 is 19.9 Å². The molecule has 0 radical (unpaired) electrons. The van der Waals surface area contributed by atoms with Crippen LogP contribution < -0.4 is 10.2 Å². The third-order valence-corrected chi connectivity index (χ3v) is 4.69. The fraction of sp³-hybridized carbons (Fsp3) is 0.421. The lowest BCUT2D eigenvalue weighted by atomic mass is 9.97. The standard InChI is InChI=1S/C19H23N3O4/c1-2-17(23)21-8-4-5-14(12-21)19(25)20-15-6-3-7-16(11-15)22-9-10-26-13-18(22)24/h2-3,6-7,11,14H,1,4-5,8-10,12-13H2,(H,20,25). The molecule has 0 bridgehead atoms. The highest BCUT2D eigenvalue weighted by molar-refractivity contribution is 5.97. The molecule has 2 heterocycles. The van der Waals surface area contributed by atoms with Gasteiger partial charge in [-0.15, -0.1) is 0 Å². The van der Waals surface area contributed by atoms with Gasteiger partial charge in [-0.2, -0.15) is 0 Å². The molecule has 7 heteroatoms. The first-order valence-electron chi connectivity index (χ1n) is 8.79. The summed E-state index contributed by atoms with van der Waals surface area (Å²) in [4.78, 5) is 39.7. The number of amides is 3. The molecule has 7 nitrogen and oxygen atoms in total. The first-order chi connectivity index (χ1) is 12.6. The molecular weight excluding hydrogens is 334 g/mol. The van der Waals surface area contributed by atoms with E-state index in [-0.39, 0.29) is 30.2 Å². The van der Waals surface area contributed by atoms with Crippen molar-refractivity contribution in [3.05, 3.63) is 36.9 Å². The Balaban J connectivity index is 1.66. The van der Waals surface area contributed by atoms with Crippen molar-refractivity contribution in [1.82, 2.24) is 4.90 Å². The third-order valence-electron chi connectivity index (χ3n) is 4.69. The molecule has 1 N–H and O–H groups in total. The van der Waals surface area contributed by atoms with Crippen LogP contribution in [0, 0.1) is 5.92 Å². The van der Waals surface area contributed by atoms with Gasteiger partial charge in [-0.3, -0.25) is 14.4 Å². The van der Waals surface area contributed by atoms with Crippen LogP contribution in [-0.2, 0) is 19.1 Å². The number of carbonyl (C=O) groups is 3. The van der Waals surface area contributed by atoms with Crippen molar-refractivity contribution in [1.29, 1.82) is 0 Å². The average Bonchev–Trinajstić information content (AvgIpc) is 2.68. The van der Waals surface area contributed by atoms with Crippen molar-refractivity contribution in [2.24, 2.45) is 5.92 Å². The van der Waals surface area contributed by atoms with Gasteiger partial charge in [0.05, 0.1) is 12.5 Å². The van der Waals surface area contributed by atoms with Crippen LogP contribution in [0.25, 0.3) is 0 Å². The first kappa shape index (κ1) is 18.1. The molecule has 1 unspecified atom stereocenters. The molecule has 0 saturated carbocycles. The minimum Gasteiger partial charge on any atom is -0.370 e. The van der Waals surface area contributed by atoms with Crippen LogP contribution in [0.15, 0.2) is 36.9 Å². The van der Waals surface area contributed by atoms with Crippen molar-refractivity contribution in [2.45, 2.75) is 12.8 Å². The zero-order valence-corrected chi connectivity index (χ0v) is 14.6. The summed E-state index contributed by atoms with van der Waals surface area (Å²) < 4.78 is 5.15. The van der Waals surface area contributed by atoms with E-state index in [1.807, 2.05) is 12.1 Å². The Morgan fingerprint density at radius 1 is 1.31 bits per heavy atom. The average molecular weight is 357 g/mol. The molecule has 26 heavy (non-hydrogen) atoms. The second kappa shape index (κ2) is 8.14.